The van der Waals surface area contributed by atoms with Gasteiger partial charge >= 0.3 is 0 Å². The molecule has 0 saturated heterocycles. The third-order valence-corrected chi connectivity index (χ3v) is 4.09. The zero-order chi connectivity index (χ0) is 16.8. The Labute approximate surface area is 140 Å². The largest absolute Gasteiger partial charge is 0.468 e. The van der Waals surface area contributed by atoms with Gasteiger partial charge in [-0.2, -0.15) is 0 Å². The fourth-order valence-corrected chi connectivity index (χ4v) is 2.80. The second kappa shape index (κ2) is 8.13. The number of rotatable bonds is 7. The van der Waals surface area contributed by atoms with E-state index in [9.17, 15) is 9.18 Å². The van der Waals surface area contributed by atoms with Crippen LogP contribution >= 0.6 is 11.6 Å². The molecule has 1 amide bonds. The predicted molar refractivity (Wildman–Crippen MR) is 88.1 cm³/mol. The quantitative estimate of drug-likeness (QED) is 0.833. The number of carbonyl (C=O) groups is 1. The Hall–Kier alpha value is -1.85. The molecular weight excluding hydrogens is 319 g/mol. The van der Waals surface area contributed by atoms with Crippen molar-refractivity contribution in [2.75, 3.05) is 19.6 Å². The lowest BCUT2D eigenvalue weighted by molar-refractivity contribution is 0.0926. The van der Waals surface area contributed by atoms with Crippen LogP contribution in [0, 0.1) is 5.82 Å². The van der Waals surface area contributed by atoms with Gasteiger partial charge in [0.15, 0.2) is 0 Å². The summed E-state index contributed by atoms with van der Waals surface area (Å²) >= 11 is 5.93. The van der Waals surface area contributed by atoms with Crippen molar-refractivity contribution in [3.05, 3.63) is 58.8 Å². The van der Waals surface area contributed by atoms with Crippen molar-refractivity contribution in [1.82, 2.24) is 10.2 Å². The van der Waals surface area contributed by atoms with Gasteiger partial charge in [0.25, 0.3) is 5.91 Å². The molecule has 1 atom stereocenters. The minimum Gasteiger partial charge on any atom is -0.468 e. The van der Waals surface area contributed by atoms with Crippen molar-refractivity contribution in [3.63, 3.8) is 0 Å². The molecular formula is C17H20ClFN2O2. The molecule has 6 heteroatoms. The Balaban J connectivity index is 2.14. The van der Waals surface area contributed by atoms with Crippen LogP contribution in [-0.2, 0) is 0 Å². The van der Waals surface area contributed by atoms with E-state index < -0.39 is 11.7 Å². The predicted octanol–water partition coefficient (Wildman–Crippen LogP) is 3.89. The van der Waals surface area contributed by atoms with Crippen LogP contribution in [-0.4, -0.2) is 30.4 Å². The number of likely N-dealkylation sites (N-methyl/N-ethyl adjacent to an activating group) is 1. The number of hydrogen-bond acceptors (Lipinski definition) is 3. The van der Waals surface area contributed by atoms with Crippen LogP contribution in [0.3, 0.4) is 0 Å². The molecule has 0 aliphatic rings. The molecule has 0 aliphatic heterocycles. The minimum absolute atomic E-state index is 0.0971. The monoisotopic (exact) mass is 338 g/mol. The average molecular weight is 339 g/mol. The van der Waals surface area contributed by atoms with E-state index in [-0.39, 0.29) is 16.6 Å². The van der Waals surface area contributed by atoms with Crippen molar-refractivity contribution in [1.29, 1.82) is 0 Å². The van der Waals surface area contributed by atoms with Crippen LogP contribution < -0.4 is 5.32 Å². The first-order valence-electron chi connectivity index (χ1n) is 7.58. The Morgan fingerprint density at radius 1 is 1.30 bits per heavy atom. The molecule has 4 nitrogen and oxygen atoms in total. The molecule has 1 aromatic heterocycles. The molecule has 1 unspecified atom stereocenters. The lowest BCUT2D eigenvalue weighted by Gasteiger charge is -2.28. The smallest absolute Gasteiger partial charge is 0.255 e. The number of furan rings is 1. The fraction of sp³-hybridized carbons (Fsp3) is 0.353. The van der Waals surface area contributed by atoms with E-state index in [1.165, 1.54) is 18.2 Å². The molecule has 0 aliphatic carbocycles. The number of nitrogens with one attached hydrogen (secondary N) is 1. The van der Waals surface area contributed by atoms with E-state index in [2.05, 4.69) is 10.2 Å². The van der Waals surface area contributed by atoms with Crippen LogP contribution in [0.15, 0.2) is 41.0 Å². The average Bonchev–Trinajstić information content (AvgIpc) is 3.05. The second-order valence-corrected chi connectivity index (χ2v) is 5.47. The van der Waals surface area contributed by atoms with Gasteiger partial charge in [0.1, 0.15) is 11.6 Å². The summed E-state index contributed by atoms with van der Waals surface area (Å²) in [6.45, 7) is 5.99. The molecule has 1 aromatic carbocycles. The first-order valence-corrected chi connectivity index (χ1v) is 7.95. The summed E-state index contributed by atoms with van der Waals surface area (Å²) < 4.78 is 19.3. The summed E-state index contributed by atoms with van der Waals surface area (Å²) in [5, 5.41) is 2.85. The van der Waals surface area contributed by atoms with Crippen LogP contribution in [0.4, 0.5) is 4.39 Å². The molecule has 1 N–H and O–H groups in total. The summed E-state index contributed by atoms with van der Waals surface area (Å²) in [6, 6.07) is 7.74. The maximum atomic E-state index is 13.8. The van der Waals surface area contributed by atoms with Gasteiger partial charge in [0.2, 0.25) is 0 Å². The van der Waals surface area contributed by atoms with Gasteiger partial charge in [-0.25, -0.2) is 4.39 Å². The number of hydrogen-bond donors (Lipinski definition) is 1. The van der Waals surface area contributed by atoms with Gasteiger partial charge in [0.05, 0.1) is 22.9 Å². The highest BCUT2D eigenvalue weighted by Crippen LogP contribution is 2.22. The molecule has 0 radical (unpaired) electrons. The van der Waals surface area contributed by atoms with E-state index in [0.717, 1.165) is 18.8 Å². The number of nitrogens with zero attached hydrogens (tertiary/aromatic N) is 1. The van der Waals surface area contributed by atoms with E-state index >= 15 is 0 Å². The van der Waals surface area contributed by atoms with Crippen molar-refractivity contribution in [2.24, 2.45) is 0 Å². The maximum absolute atomic E-state index is 13.8. The fourth-order valence-electron chi connectivity index (χ4n) is 2.55. The summed E-state index contributed by atoms with van der Waals surface area (Å²) in [7, 11) is 0. The Morgan fingerprint density at radius 3 is 2.61 bits per heavy atom. The molecule has 1 heterocycles. The highest BCUT2D eigenvalue weighted by Gasteiger charge is 2.23. The number of amides is 1. The molecule has 0 bridgehead atoms. The van der Waals surface area contributed by atoms with Gasteiger partial charge in [-0.05, 0) is 37.4 Å². The van der Waals surface area contributed by atoms with E-state index in [0.29, 0.717) is 6.54 Å². The van der Waals surface area contributed by atoms with Gasteiger partial charge in [0, 0.05) is 6.54 Å². The maximum Gasteiger partial charge on any atom is 0.255 e. The van der Waals surface area contributed by atoms with Crippen LogP contribution in [0.2, 0.25) is 5.02 Å². The SMILES string of the molecule is CCN(CC)C(CNC(=O)c1c(F)cccc1Cl)c1ccco1. The highest BCUT2D eigenvalue weighted by molar-refractivity contribution is 6.33. The molecule has 2 rings (SSSR count). The number of benzene rings is 1. The zero-order valence-electron chi connectivity index (χ0n) is 13.2. The van der Waals surface area contributed by atoms with Crippen molar-refractivity contribution >= 4 is 17.5 Å². The van der Waals surface area contributed by atoms with Crippen LogP contribution in [0.1, 0.15) is 36.0 Å². The molecule has 2 aromatic rings. The molecule has 0 spiro atoms. The summed E-state index contributed by atoms with van der Waals surface area (Å²) in [6.07, 6.45) is 1.60. The molecule has 23 heavy (non-hydrogen) atoms. The van der Waals surface area contributed by atoms with Gasteiger partial charge in [-0.3, -0.25) is 9.69 Å². The lowest BCUT2D eigenvalue weighted by Crippen LogP contribution is -2.38. The van der Waals surface area contributed by atoms with E-state index in [1.807, 2.05) is 19.9 Å². The molecule has 124 valence electrons. The first-order chi connectivity index (χ1) is 11.1. The van der Waals surface area contributed by atoms with Gasteiger partial charge in [-0.15, -0.1) is 0 Å². The third kappa shape index (κ3) is 4.12. The first kappa shape index (κ1) is 17.5. The summed E-state index contributed by atoms with van der Waals surface area (Å²) in [5.41, 5.74) is -0.132. The molecule has 0 saturated carbocycles. The molecule has 0 fully saturated rings. The zero-order valence-corrected chi connectivity index (χ0v) is 13.9. The Morgan fingerprint density at radius 2 is 2.04 bits per heavy atom. The minimum atomic E-state index is -0.632. The third-order valence-electron chi connectivity index (χ3n) is 3.77. The summed E-state index contributed by atoms with van der Waals surface area (Å²) in [5.74, 6) is -0.405. The highest BCUT2D eigenvalue weighted by atomic mass is 35.5. The van der Waals surface area contributed by atoms with Crippen molar-refractivity contribution in [2.45, 2.75) is 19.9 Å². The second-order valence-electron chi connectivity index (χ2n) is 5.06. The van der Waals surface area contributed by atoms with E-state index in [1.54, 1.807) is 12.3 Å². The Kier molecular flexibility index (Phi) is 6.19. The van der Waals surface area contributed by atoms with Gasteiger partial charge < -0.3 is 9.73 Å². The Bertz CT molecular complexity index is 622. The van der Waals surface area contributed by atoms with Crippen molar-refractivity contribution < 1.29 is 13.6 Å². The lowest BCUT2D eigenvalue weighted by atomic mass is 10.1. The van der Waals surface area contributed by atoms with E-state index in [4.69, 9.17) is 16.0 Å². The van der Waals surface area contributed by atoms with Crippen LogP contribution in [0.25, 0.3) is 0 Å². The van der Waals surface area contributed by atoms with Crippen molar-refractivity contribution in [3.8, 4) is 0 Å². The topological polar surface area (TPSA) is 45.5 Å². The standard InChI is InChI=1S/C17H20ClFN2O2/c1-3-21(4-2)14(15-9-6-10-23-15)11-20-17(22)16-12(18)7-5-8-13(16)19/h5-10,14H,3-4,11H2,1-2H3,(H,20,22). The summed E-state index contributed by atoms with van der Waals surface area (Å²) in [4.78, 5) is 14.4. The number of halogens is 2. The normalized spacial score (nSPS) is 12.4. The number of carbonyl (C=O) groups excluding carboxylic acids is 1. The van der Waals surface area contributed by atoms with Gasteiger partial charge in [-0.1, -0.05) is 31.5 Å². The van der Waals surface area contributed by atoms with Crippen LogP contribution in [0.5, 0.6) is 0 Å².